The van der Waals surface area contributed by atoms with E-state index in [-0.39, 0.29) is 18.9 Å². The van der Waals surface area contributed by atoms with E-state index in [1.165, 1.54) is 17.0 Å². The third-order valence-electron chi connectivity index (χ3n) is 4.10. The largest absolute Gasteiger partial charge is 0.481 e. The van der Waals surface area contributed by atoms with E-state index in [1.807, 2.05) is 0 Å². The maximum Gasteiger partial charge on any atom is 0.308 e. The average Bonchev–Trinajstić information content (AvgIpc) is 2.47. The van der Waals surface area contributed by atoms with E-state index in [1.54, 1.807) is 6.92 Å². The molecule has 1 heterocycles. The minimum atomic E-state index is -0.893. The van der Waals surface area contributed by atoms with E-state index in [0.29, 0.717) is 24.9 Å². The Bertz CT molecular complexity index is 577. The van der Waals surface area contributed by atoms with Gasteiger partial charge in [0, 0.05) is 25.6 Å². The lowest BCUT2D eigenvalue weighted by atomic mass is 9.94. The predicted molar refractivity (Wildman–Crippen MR) is 76.3 cm³/mol. The molecule has 1 aromatic carbocycles. The molecule has 1 saturated heterocycles. The third kappa shape index (κ3) is 3.81. The van der Waals surface area contributed by atoms with Crippen LogP contribution < -0.4 is 0 Å². The molecule has 6 heteroatoms. The minimum Gasteiger partial charge on any atom is -0.481 e. The van der Waals surface area contributed by atoms with Crippen LogP contribution >= 0.6 is 0 Å². The molecule has 4 nitrogen and oxygen atoms in total. The molecule has 1 aliphatic rings. The fourth-order valence-corrected chi connectivity index (χ4v) is 2.81. The molecule has 0 bridgehead atoms. The van der Waals surface area contributed by atoms with Crippen molar-refractivity contribution < 1.29 is 23.5 Å². The van der Waals surface area contributed by atoms with Crippen molar-refractivity contribution in [1.82, 2.24) is 4.90 Å². The van der Waals surface area contributed by atoms with Crippen LogP contribution in [0.25, 0.3) is 0 Å². The van der Waals surface area contributed by atoms with Crippen molar-refractivity contribution in [2.24, 2.45) is 5.92 Å². The summed E-state index contributed by atoms with van der Waals surface area (Å²) in [5.41, 5.74) is 0.293. The van der Waals surface area contributed by atoms with Crippen molar-refractivity contribution in [3.8, 4) is 0 Å². The standard InChI is InChI=1S/C16H19F2NO3/c1-10(13-5-4-12(17)8-14(13)18)7-15(20)19-6-2-3-11(9-19)16(21)22/h4-5,8,10-11H,2-3,6-7,9H2,1H3,(H,21,22). The number of hydrogen-bond acceptors (Lipinski definition) is 2. The first kappa shape index (κ1) is 16.4. The van der Waals surface area contributed by atoms with E-state index in [0.717, 1.165) is 6.07 Å². The zero-order chi connectivity index (χ0) is 16.3. The van der Waals surface area contributed by atoms with Crippen LogP contribution in [0.3, 0.4) is 0 Å². The predicted octanol–water partition coefficient (Wildman–Crippen LogP) is 2.78. The van der Waals surface area contributed by atoms with Crippen LogP contribution in [-0.2, 0) is 9.59 Å². The highest BCUT2D eigenvalue weighted by atomic mass is 19.1. The van der Waals surface area contributed by atoms with Gasteiger partial charge in [0.1, 0.15) is 11.6 Å². The Morgan fingerprint density at radius 3 is 2.77 bits per heavy atom. The average molecular weight is 311 g/mol. The second kappa shape index (κ2) is 6.85. The van der Waals surface area contributed by atoms with E-state index in [9.17, 15) is 18.4 Å². The number of benzene rings is 1. The number of amides is 1. The number of aliphatic carboxylic acids is 1. The lowest BCUT2D eigenvalue weighted by Gasteiger charge is -2.31. The molecule has 0 aliphatic carbocycles. The quantitative estimate of drug-likeness (QED) is 0.930. The molecule has 1 fully saturated rings. The van der Waals surface area contributed by atoms with Gasteiger partial charge in [0.25, 0.3) is 0 Å². The first-order chi connectivity index (χ1) is 10.4. The number of carbonyl (C=O) groups excluding carboxylic acids is 1. The van der Waals surface area contributed by atoms with Crippen LogP contribution in [-0.4, -0.2) is 35.0 Å². The second-order valence-electron chi connectivity index (χ2n) is 5.79. The molecule has 2 atom stereocenters. The highest BCUT2D eigenvalue weighted by Crippen LogP contribution is 2.25. The second-order valence-corrected chi connectivity index (χ2v) is 5.79. The van der Waals surface area contributed by atoms with Crippen LogP contribution in [0.4, 0.5) is 8.78 Å². The van der Waals surface area contributed by atoms with Gasteiger partial charge in [0.15, 0.2) is 0 Å². The summed E-state index contributed by atoms with van der Waals surface area (Å²) in [6, 6.07) is 3.32. The van der Waals surface area contributed by atoms with Crippen molar-refractivity contribution in [2.45, 2.75) is 32.1 Å². The summed E-state index contributed by atoms with van der Waals surface area (Å²) in [6.07, 6.45) is 1.30. The Morgan fingerprint density at radius 2 is 2.14 bits per heavy atom. The van der Waals surface area contributed by atoms with Crippen molar-refractivity contribution >= 4 is 11.9 Å². The Balaban J connectivity index is 2.00. The lowest BCUT2D eigenvalue weighted by molar-refractivity contribution is -0.145. The van der Waals surface area contributed by atoms with E-state index >= 15 is 0 Å². The fourth-order valence-electron chi connectivity index (χ4n) is 2.81. The molecule has 0 radical (unpaired) electrons. The molecule has 0 saturated carbocycles. The van der Waals surface area contributed by atoms with Crippen LogP contribution in [0.2, 0.25) is 0 Å². The number of likely N-dealkylation sites (tertiary alicyclic amines) is 1. The SMILES string of the molecule is CC(CC(=O)N1CCCC(C(=O)O)C1)c1ccc(F)cc1F. The summed E-state index contributed by atoms with van der Waals surface area (Å²) >= 11 is 0. The molecular formula is C16H19F2NO3. The van der Waals surface area contributed by atoms with E-state index in [2.05, 4.69) is 0 Å². The molecule has 1 aromatic rings. The molecule has 2 rings (SSSR count). The molecule has 0 aromatic heterocycles. The van der Waals surface area contributed by atoms with Gasteiger partial charge in [-0.2, -0.15) is 0 Å². The summed E-state index contributed by atoms with van der Waals surface area (Å²) < 4.78 is 26.6. The minimum absolute atomic E-state index is 0.0783. The molecule has 1 aliphatic heterocycles. The summed E-state index contributed by atoms with van der Waals surface area (Å²) in [5, 5.41) is 9.04. The molecule has 1 amide bonds. The smallest absolute Gasteiger partial charge is 0.308 e. The van der Waals surface area contributed by atoms with E-state index in [4.69, 9.17) is 5.11 Å². The molecule has 120 valence electrons. The number of piperidine rings is 1. The maximum absolute atomic E-state index is 13.7. The number of carbonyl (C=O) groups is 2. The first-order valence-electron chi connectivity index (χ1n) is 7.34. The summed E-state index contributed by atoms with van der Waals surface area (Å²) in [5.74, 6) is -3.33. The maximum atomic E-state index is 13.7. The lowest BCUT2D eigenvalue weighted by Crippen LogP contribution is -2.42. The van der Waals surface area contributed by atoms with Gasteiger partial charge in [-0.3, -0.25) is 9.59 Å². The fraction of sp³-hybridized carbons (Fsp3) is 0.500. The van der Waals surface area contributed by atoms with Crippen LogP contribution in [0.1, 0.15) is 37.7 Å². The number of rotatable bonds is 4. The topological polar surface area (TPSA) is 57.6 Å². The number of halogens is 2. The summed E-state index contributed by atoms with van der Waals surface area (Å²) in [4.78, 5) is 24.8. The highest BCUT2D eigenvalue weighted by molar-refractivity contribution is 5.78. The Morgan fingerprint density at radius 1 is 1.41 bits per heavy atom. The zero-order valence-corrected chi connectivity index (χ0v) is 12.4. The van der Waals surface area contributed by atoms with Crippen LogP contribution in [0.15, 0.2) is 18.2 Å². The molecule has 0 spiro atoms. The molecule has 2 unspecified atom stereocenters. The normalized spacial score (nSPS) is 19.8. The van der Waals surface area contributed by atoms with Crippen molar-refractivity contribution in [3.63, 3.8) is 0 Å². The molecular weight excluding hydrogens is 292 g/mol. The number of nitrogens with zero attached hydrogens (tertiary/aromatic N) is 1. The van der Waals surface area contributed by atoms with Gasteiger partial charge in [-0.1, -0.05) is 13.0 Å². The Hall–Kier alpha value is -1.98. The summed E-state index contributed by atoms with van der Waals surface area (Å²) in [7, 11) is 0. The highest BCUT2D eigenvalue weighted by Gasteiger charge is 2.29. The van der Waals surface area contributed by atoms with Crippen molar-refractivity contribution in [3.05, 3.63) is 35.4 Å². The van der Waals surface area contributed by atoms with Crippen molar-refractivity contribution in [1.29, 1.82) is 0 Å². The van der Waals surface area contributed by atoms with Gasteiger partial charge in [0.05, 0.1) is 5.92 Å². The van der Waals surface area contributed by atoms with Gasteiger partial charge in [-0.05, 0) is 30.4 Å². The van der Waals surface area contributed by atoms with Gasteiger partial charge >= 0.3 is 5.97 Å². The monoisotopic (exact) mass is 311 g/mol. The van der Waals surface area contributed by atoms with Crippen LogP contribution in [0, 0.1) is 17.6 Å². The zero-order valence-electron chi connectivity index (χ0n) is 12.4. The summed E-state index contributed by atoms with van der Waals surface area (Å²) in [6.45, 7) is 2.43. The van der Waals surface area contributed by atoms with Gasteiger partial charge < -0.3 is 10.0 Å². The number of carboxylic acids is 1. The molecule has 22 heavy (non-hydrogen) atoms. The Kier molecular flexibility index (Phi) is 5.11. The van der Waals surface area contributed by atoms with E-state index < -0.39 is 29.4 Å². The van der Waals surface area contributed by atoms with Gasteiger partial charge in [-0.15, -0.1) is 0 Å². The first-order valence-corrected chi connectivity index (χ1v) is 7.34. The number of hydrogen-bond donors (Lipinski definition) is 1. The van der Waals surface area contributed by atoms with Gasteiger partial charge in [-0.25, -0.2) is 8.78 Å². The van der Waals surface area contributed by atoms with Crippen molar-refractivity contribution in [2.75, 3.05) is 13.1 Å². The molecule has 1 N–H and O–H groups in total. The van der Waals surface area contributed by atoms with Gasteiger partial charge in [0.2, 0.25) is 5.91 Å². The third-order valence-corrected chi connectivity index (χ3v) is 4.10. The Labute approximate surface area is 127 Å². The van der Waals surface area contributed by atoms with Crippen LogP contribution in [0.5, 0.6) is 0 Å². The number of carboxylic acid groups (broad SMARTS) is 1.